The Labute approximate surface area is 195 Å². The standard InChI is InChI=1S/C29H45FO2/c1-2-3-4-5-9-12-28(30)29(31)32-27-21-19-26(20-22-27)25-17-15-24(16-18-25)14-13-23-10-7-6-8-11-23/h15-18,23,26-28H,2-14,19-22H2,1H3/t26?,27?,28-/m0/s1. The summed E-state index contributed by atoms with van der Waals surface area (Å²) in [4.78, 5) is 12.1. The molecule has 0 saturated heterocycles. The van der Waals surface area contributed by atoms with E-state index in [-0.39, 0.29) is 6.10 Å². The van der Waals surface area contributed by atoms with E-state index in [1.54, 1.807) is 0 Å². The summed E-state index contributed by atoms with van der Waals surface area (Å²) in [5.74, 6) is 0.842. The molecule has 1 aromatic rings. The molecule has 2 saturated carbocycles. The van der Waals surface area contributed by atoms with Crippen molar-refractivity contribution in [3.63, 3.8) is 0 Å². The molecule has 0 unspecified atom stereocenters. The second-order valence-electron chi connectivity index (χ2n) is 10.4. The number of unbranched alkanes of at least 4 members (excludes halogenated alkanes) is 4. The predicted molar refractivity (Wildman–Crippen MR) is 131 cm³/mol. The van der Waals surface area contributed by atoms with Gasteiger partial charge in [0.15, 0.2) is 6.17 Å². The van der Waals surface area contributed by atoms with Crippen molar-refractivity contribution in [2.45, 2.75) is 134 Å². The number of esters is 1. The molecule has 0 heterocycles. The highest BCUT2D eigenvalue weighted by Crippen LogP contribution is 2.35. The molecule has 32 heavy (non-hydrogen) atoms. The number of ether oxygens (including phenoxy) is 1. The molecule has 2 fully saturated rings. The van der Waals surface area contributed by atoms with Crippen LogP contribution in [0.15, 0.2) is 24.3 Å². The lowest BCUT2D eigenvalue weighted by Gasteiger charge is -2.29. The van der Waals surface area contributed by atoms with Crippen molar-refractivity contribution in [3.8, 4) is 0 Å². The van der Waals surface area contributed by atoms with Gasteiger partial charge in [0.2, 0.25) is 0 Å². The van der Waals surface area contributed by atoms with Gasteiger partial charge in [0.05, 0.1) is 0 Å². The first-order chi connectivity index (χ1) is 15.7. The van der Waals surface area contributed by atoms with E-state index < -0.39 is 12.1 Å². The molecule has 1 aromatic carbocycles. The zero-order valence-electron chi connectivity index (χ0n) is 20.3. The van der Waals surface area contributed by atoms with Gasteiger partial charge < -0.3 is 4.74 Å². The molecule has 0 N–H and O–H groups in total. The average molecular weight is 445 g/mol. The molecule has 2 aliphatic carbocycles. The highest BCUT2D eigenvalue weighted by molar-refractivity contribution is 5.74. The Morgan fingerprint density at radius 3 is 2.31 bits per heavy atom. The quantitative estimate of drug-likeness (QED) is 0.239. The highest BCUT2D eigenvalue weighted by Gasteiger charge is 2.27. The van der Waals surface area contributed by atoms with Crippen molar-refractivity contribution in [1.82, 2.24) is 0 Å². The van der Waals surface area contributed by atoms with Gasteiger partial charge in [-0.25, -0.2) is 9.18 Å². The molecule has 0 spiro atoms. The van der Waals surface area contributed by atoms with Crippen molar-refractivity contribution in [2.75, 3.05) is 0 Å². The first-order valence-corrected chi connectivity index (χ1v) is 13.6. The van der Waals surface area contributed by atoms with Crippen LogP contribution in [0.2, 0.25) is 0 Å². The first-order valence-electron chi connectivity index (χ1n) is 13.6. The molecule has 2 nitrogen and oxygen atoms in total. The number of carbonyl (C=O) groups is 1. The van der Waals surface area contributed by atoms with Gasteiger partial charge >= 0.3 is 5.97 Å². The van der Waals surface area contributed by atoms with Gasteiger partial charge in [-0.05, 0) is 74.3 Å². The second-order valence-corrected chi connectivity index (χ2v) is 10.4. The van der Waals surface area contributed by atoms with E-state index in [1.165, 1.54) is 68.9 Å². The number of hydrogen-bond acceptors (Lipinski definition) is 2. The summed E-state index contributed by atoms with van der Waals surface area (Å²) in [6.07, 6.45) is 17.4. The van der Waals surface area contributed by atoms with E-state index in [4.69, 9.17) is 4.74 Å². The lowest BCUT2D eigenvalue weighted by atomic mass is 9.82. The fourth-order valence-electron chi connectivity index (χ4n) is 5.60. The van der Waals surface area contributed by atoms with E-state index in [1.807, 2.05) is 0 Å². The van der Waals surface area contributed by atoms with Crippen molar-refractivity contribution in [3.05, 3.63) is 35.4 Å². The zero-order chi connectivity index (χ0) is 22.6. The normalized spacial score (nSPS) is 23.1. The van der Waals surface area contributed by atoms with Crippen molar-refractivity contribution < 1.29 is 13.9 Å². The third kappa shape index (κ3) is 8.52. The van der Waals surface area contributed by atoms with Crippen LogP contribution in [0.25, 0.3) is 0 Å². The van der Waals surface area contributed by atoms with Crippen LogP contribution in [0, 0.1) is 5.92 Å². The van der Waals surface area contributed by atoms with Crippen LogP contribution in [0.3, 0.4) is 0 Å². The van der Waals surface area contributed by atoms with Crippen molar-refractivity contribution in [1.29, 1.82) is 0 Å². The largest absolute Gasteiger partial charge is 0.460 e. The number of rotatable bonds is 12. The van der Waals surface area contributed by atoms with Crippen LogP contribution in [0.1, 0.15) is 127 Å². The number of hydrogen-bond donors (Lipinski definition) is 0. The summed E-state index contributed by atoms with van der Waals surface area (Å²) in [7, 11) is 0. The van der Waals surface area contributed by atoms with Crippen molar-refractivity contribution in [2.24, 2.45) is 5.92 Å². The summed E-state index contributed by atoms with van der Waals surface area (Å²) in [6.45, 7) is 2.16. The van der Waals surface area contributed by atoms with Gasteiger partial charge in [0.1, 0.15) is 6.10 Å². The molecular formula is C29H45FO2. The fourth-order valence-corrected chi connectivity index (χ4v) is 5.60. The summed E-state index contributed by atoms with van der Waals surface area (Å²) < 4.78 is 19.7. The number of carbonyl (C=O) groups excluding carboxylic acids is 1. The number of halogens is 1. The molecule has 1 atom stereocenters. The lowest BCUT2D eigenvalue weighted by Crippen LogP contribution is -2.28. The molecular weight excluding hydrogens is 399 g/mol. The minimum Gasteiger partial charge on any atom is -0.460 e. The van der Waals surface area contributed by atoms with Crippen molar-refractivity contribution >= 4 is 5.97 Å². The topological polar surface area (TPSA) is 26.3 Å². The van der Waals surface area contributed by atoms with Crippen LogP contribution in [-0.2, 0) is 16.0 Å². The van der Waals surface area contributed by atoms with Gasteiger partial charge in [-0.1, -0.05) is 89.0 Å². The van der Waals surface area contributed by atoms with E-state index in [2.05, 4.69) is 31.2 Å². The van der Waals surface area contributed by atoms with Gasteiger partial charge in [-0.2, -0.15) is 0 Å². The van der Waals surface area contributed by atoms with E-state index in [0.717, 1.165) is 50.9 Å². The minimum absolute atomic E-state index is 0.105. The van der Waals surface area contributed by atoms with Gasteiger partial charge in [0, 0.05) is 0 Å². The first kappa shape index (κ1) is 25.2. The van der Waals surface area contributed by atoms with Crippen LogP contribution in [0.4, 0.5) is 4.39 Å². The smallest absolute Gasteiger partial charge is 0.340 e. The Morgan fingerprint density at radius 1 is 0.938 bits per heavy atom. The lowest BCUT2D eigenvalue weighted by molar-refractivity contribution is -0.157. The molecule has 0 radical (unpaired) electrons. The predicted octanol–water partition coefficient (Wildman–Crippen LogP) is 8.47. The maximum Gasteiger partial charge on any atom is 0.340 e. The van der Waals surface area contributed by atoms with Crippen LogP contribution in [-0.4, -0.2) is 18.2 Å². The van der Waals surface area contributed by atoms with Crippen LogP contribution >= 0.6 is 0 Å². The molecule has 0 aliphatic heterocycles. The van der Waals surface area contributed by atoms with Crippen LogP contribution in [0.5, 0.6) is 0 Å². The monoisotopic (exact) mass is 444 g/mol. The number of aryl methyl sites for hydroxylation is 1. The number of alkyl halides is 1. The molecule has 0 bridgehead atoms. The highest BCUT2D eigenvalue weighted by atomic mass is 19.1. The molecule has 3 heteroatoms. The average Bonchev–Trinajstić information content (AvgIpc) is 2.84. The summed E-state index contributed by atoms with van der Waals surface area (Å²) in [6, 6.07) is 9.25. The Hall–Kier alpha value is -1.38. The Balaban J connectivity index is 1.33. The third-order valence-corrected chi connectivity index (χ3v) is 7.79. The van der Waals surface area contributed by atoms with E-state index >= 15 is 0 Å². The second kappa shape index (κ2) is 14.0. The molecule has 3 rings (SSSR count). The summed E-state index contributed by atoms with van der Waals surface area (Å²) in [5, 5.41) is 0. The van der Waals surface area contributed by atoms with Gasteiger partial charge in [-0.3, -0.25) is 0 Å². The van der Waals surface area contributed by atoms with Crippen LogP contribution < -0.4 is 0 Å². The third-order valence-electron chi connectivity index (χ3n) is 7.79. The zero-order valence-corrected chi connectivity index (χ0v) is 20.3. The van der Waals surface area contributed by atoms with Gasteiger partial charge in [-0.15, -0.1) is 0 Å². The maximum atomic E-state index is 14.1. The Morgan fingerprint density at radius 2 is 1.62 bits per heavy atom. The van der Waals surface area contributed by atoms with E-state index in [9.17, 15) is 9.18 Å². The molecule has 0 amide bonds. The molecule has 0 aromatic heterocycles. The summed E-state index contributed by atoms with van der Waals surface area (Å²) >= 11 is 0. The minimum atomic E-state index is -1.45. The fraction of sp³-hybridized carbons (Fsp3) is 0.759. The maximum absolute atomic E-state index is 14.1. The molecule has 2 aliphatic rings. The Bertz CT molecular complexity index is 642. The van der Waals surface area contributed by atoms with Gasteiger partial charge in [0.25, 0.3) is 0 Å². The number of benzene rings is 1. The summed E-state index contributed by atoms with van der Waals surface area (Å²) in [5.41, 5.74) is 2.87. The SMILES string of the molecule is CCCCCCC[C@H](F)C(=O)OC1CCC(c2ccc(CCC3CCCCC3)cc2)CC1. The molecule has 180 valence electrons. The van der Waals surface area contributed by atoms with E-state index in [0.29, 0.717) is 12.3 Å². The Kier molecular flexibility index (Phi) is 11.1.